The Bertz CT molecular complexity index is 1350. The summed E-state index contributed by atoms with van der Waals surface area (Å²) in [6, 6.07) is 17.5. The number of hydrogen-bond donors (Lipinski definition) is 2. The van der Waals surface area contributed by atoms with Crippen LogP contribution in [-0.2, 0) is 9.47 Å². The van der Waals surface area contributed by atoms with Crippen LogP contribution in [0.3, 0.4) is 0 Å². The van der Waals surface area contributed by atoms with Gasteiger partial charge in [0.25, 0.3) is 0 Å². The van der Waals surface area contributed by atoms with Crippen LogP contribution < -0.4 is 15.8 Å². The minimum Gasteiger partial charge on any atom is -0.488 e. The third kappa shape index (κ3) is 7.31. The number of alkyl carbamates (subject to hydrolysis) is 1. The van der Waals surface area contributed by atoms with Crippen molar-refractivity contribution in [3.63, 3.8) is 0 Å². The number of benzene rings is 3. The van der Waals surface area contributed by atoms with Crippen LogP contribution in [0, 0.1) is 5.82 Å². The number of carbonyl (C=O) groups is 2. The highest BCUT2D eigenvalue weighted by Gasteiger charge is 2.25. The predicted octanol–water partition coefficient (Wildman–Crippen LogP) is 6.46. The van der Waals surface area contributed by atoms with Crippen LogP contribution in [0.25, 0.3) is 11.1 Å². The van der Waals surface area contributed by atoms with Gasteiger partial charge in [-0.2, -0.15) is 0 Å². The van der Waals surface area contributed by atoms with Crippen molar-refractivity contribution in [2.24, 2.45) is 5.73 Å². The third-order valence-corrected chi connectivity index (χ3v) is 6.86. The van der Waals surface area contributed by atoms with Gasteiger partial charge in [-0.3, -0.25) is 4.79 Å². The first-order valence-electron chi connectivity index (χ1n) is 13.2. The van der Waals surface area contributed by atoms with E-state index in [0.29, 0.717) is 6.61 Å². The van der Waals surface area contributed by atoms with Gasteiger partial charge in [0.1, 0.15) is 12.2 Å². The molecule has 0 bridgehead atoms. The standard InChI is InChI=1S/C31H34ClFN2O5/c1-31(2,3)40-30(37)35-17-24(19-8-5-4-6-9-19)20-11-13-25(32)23(16-20)27-22(29(34)36)12-14-26(28(27)33)39-18-21-10-7-15-38-21/h4-6,8-9,11-14,16,21,24H,7,10,15,17-18H2,1-3H3,(H2,34,36)(H,35,37)/t21-,24?/m0/s1. The van der Waals surface area contributed by atoms with Gasteiger partial charge < -0.3 is 25.3 Å². The Morgan fingerprint density at radius 1 is 1.12 bits per heavy atom. The van der Waals surface area contributed by atoms with Crippen molar-refractivity contribution in [1.29, 1.82) is 0 Å². The van der Waals surface area contributed by atoms with Gasteiger partial charge in [0.05, 0.1) is 11.7 Å². The Labute approximate surface area is 238 Å². The van der Waals surface area contributed by atoms with Crippen LogP contribution in [-0.4, -0.2) is 43.5 Å². The van der Waals surface area contributed by atoms with Gasteiger partial charge >= 0.3 is 6.09 Å². The summed E-state index contributed by atoms with van der Waals surface area (Å²) in [5, 5.41) is 3.06. The Hall–Kier alpha value is -3.62. The lowest BCUT2D eigenvalue weighted by molar-refractivity contribution is 0.0526. The average molecular weight is 569 g/mol. The molecule has 3 N–H and O–H groups in total. The highest BCUT2D eigenvalue weighted by atomic mass is 35.5. The molecule has 3 aromatic rings. The fourth-order valence-corrected chi connectivity index (χ4v) is 4.87. The minimum atomic E-state index is -0.799. The summed E-state index contributed by atoms with van der Waals surface area (Å²) in [5.74, 6) is -1.89. The van der Waals surface area contributed by atoms with Gasteiger partial charge in [-0.05, 0) is 69.0 Å². The number of hydrogen-bond acceptors (Lipinski definition) is 5. The van der Waals surface area contributed by atoms with Gasteiger partial charge in [0.2, 0.25) is 5.91 Å². The normalized spacial score (nSPS) is 15.9. The van der Waals surface area contributed by atoms with Crippen molar-refractivity contribution in [2.75, 3.05) is 19.8 Å². The number of nitrogens with two attached hydrogens (primary N) is 1. The number of carbonyl (C=O) groups excluding carboxylic acids is 2. The highest BCUT2D eigenvalue weighted by Crippen LogP contribution is 2.39. The van der Waals surface area contributed by atoms with E-state index < -0.39 is 23.4 Å². The van der Waals surface area contributed by atoms with Gasteiger partial charge in [-0.1, -0.05) is 48.0 Å². The summed E-state index contributed by atoms with van der Waals surface area (Å²) in [4.78, 5) is 24.8. The molecule has 2 atom stereocenters. The van der Waals surface area contributed by atoms with Crippen LogP contribution in [0.2, 0.25) is 5.02 Å². The number of ether oxygens (including phenoxy) is 3. The zero-order valence-electron chi connectivity index (χ0n) is 22.8. The molecule has 1 fully saturated rings. The zero-order chi connectivity index (χ0) is 28.9. The second-order valence-corrected chi connectivity index (χ2v) is 11.1. The van der Waals surface area contributed by atoms with Crippen molar-refractivity contribution in [2.45, 2.75) is 51.2 Å². The van der Waals surface area contributed by atoms with E-state index in [1.54, 1.807) is 39.0 Å². The number of amides is 2. The fourth-order valence-electron chi connectivity index (χ4n) is 4.66. The highest BCUT2D eigenvalue weighted by molar-refractivity contribution is 6.33. The van der Waals surface area contributed by atoms with Gasteiger partial charge in [-0.25, -0.2) is 9.18 Å². The fraction of sp³-hybridized carbons (Fsp3) is 0.355. The first-order valence-corrected chi connectivity index (χ1v) is 13.6. The minimum absolute atomic E-state index is 0.0239. The molecule has 1 aliphatic heterocycles. The molecular formula is C31H34ClFN2O5. The molecule has 212 valence electrons. The van der Waals surface area contributed by atoms with Crippen LogP contribution in [0.15, 0.2) is 60.7 Å². The lowest BCUT2D eigenvalue weighted by Crippen LogP contribution is -2.35. The molecule has 0 aromatic heterocycles. The first-order chi connectivity index (χ1) is 19.0. The second kappa shape index (κ2) is 12.7. The van der Waals surface area contributed by atoms with E-state index >= 15 is 4.39 Å². The van der Waals surface area contributed by atoms with E-state index in [1.165, 1.54) is 12.1 Å². The molecule has 1 saturated heterocycles. The molecule has 0 spiro atoms. The molecule has 4 rings (SSSR count). The SMILES string of the molecule is CC(C)(C)OC(=O)NCC(c1ccccc1)c1ccc(Cl)c(-c2c(C(N)=O)ccc(OC[C@@H]3CCCO3)c2F)c1. The molecule has 2 amide bonds. The van der Waals surface area contributed by atoms with Crippen LogP contribution in [0.1, 0.15) is 61.0 Å². The van der Waals surface area contributed by atoms with E-state index in [1.807, 2.05) is 30.3 Å². The smallest absolute Gasteiger partial charge is 0.407 e. The summed E-state index contributed by atoms with van der Waals surface area (Å²) in [6.07, 6.45) is 1.09. The van der Waals surface area contributed by atoms with Gasteiger partial charge in [0, 0.05) is 35.2 Å². The van der Waals surface area contributed by atoms with Crippen LogP contribution in [0.5, 0.6) is 5.75 Å². The number of rotatable bonds is 9. The van der Waals surface area contributed by atoms with E-state index in [-0.39, 0.29) is 52.6 Å². The molecule has 1 aliphatic rings. The maximum Gasteiger partial charge on any atom is 0.407 e. The average Bonchev–Trinajstić information content (AvgIpc) is 3.42. The number of primary amides is 1. The first kappa shape index (κ1) is 29.4. The Morgan fingerprint density at radius 3 is 2.52 bits per heavy atom. The topological polar surface area (TPSA) is 99.9 Å². The maximum atomic E-state index is 16.0. The largest absolute Gasteiger partial charge is 0.488 e. The molecule has 0 aliphatic carbocycles. The summed E-state index contributed by atoms with van der Waals surface area (Å²) < 4.78 is 32.7. The zero-order valence-corrected chi connectivity index (χ0v) is 23.6. The summed E-state index contributed by atoms with van der Waals surface area (Å²) in [7, 11) is 0. The number of halogens is 2. The second-order valence-electron chi connectivity index (χ2n) is 10.7. The third-order valence-electron chi connectivity index (χ3n) is 6.53. The van der Waals surface area contributed by atoms with Gasteiger partial charge in [0.15, 0.2) is 11.6 Å². The lowest BCUT2D eigenvalue weighted by Gasteiger charge is -2.23. The Kier molecular flexibility index (Phi) is 9.32. The number of nitrogens with one attached hydrogen (secondary N) is 1. The molecule has 3 aromatic carbocycles. The molecule has 1 heterocycles. The van der Waals surface area contributed by atoms with Crippen molar-refractivity contribution >= 4 is 23.6 Å². The molecule has 0 radical (unpaired) electrons. The van der Waals surface area contributed by atoms with Gasteiger partial charge in [-0.15, -0.1) is 0 Å². The summed E-state index contributed by atoms with van der Waals surface area (Å²) in [5.41, 5.74) is 6.86. The van der Waals surface area contributed by atoms with Crippen molar-refractivity contribution < 1.29 is 28.2 Å². The molecule has 7 nitrogen and oxygen atoms in total. The molecule has 40 heavy (non-hydrogen) atoms. The maximum absolute atomic E-state index is 16.0. The Balaban J connectivity index is 1.72. The van der Waals surface area contributed by atoms with Crippen molar-refractivity contribution in [3.8, 4) is 16.9 Å². The van der Waals surface area contributed by atoms with Crippen LogP contribution >= 0.6 is 11.6 Å². The van der Waals surface area contributed by atoms with E-state index in [9.17, 15) is 9.59 Å². The van der Waals surface area contributed by atoms with E-state index in [0.717, 1.165) is 24.0 Å². The van der Waals surface area contributed by atoms with Crippen molar-refractivity contribution in [3.05, 3.63) is 88.2 Å². The van der Waals surface area contributed by atoms with E-state index in [2.05, 4.69) is 5.32 Å². The molecule has 9 heteroatoms. The summed E-state index contributed by atoms with van der Waals surface area (Å²) in [6.45, 7) is 6.40. The Morgan fingerprint density at radius 2 is 1.88 bits per heavy atom. The lowest BCUT2D eigenvalue weighted by atomic mass is 9.88. The van der Waals surface area contributed by atoms with E-state index in [4.69, 9.17) is 31.5 Å². The monoisotopic (exact) mass is 568 g/mol. The predicted molar refractivity (Wildman–Crippen MR) is 152 cm³/mol. The molecule has 1 unspecified atom stereocenters. The van der Waals surface area contributed by atoms with Crippen molar-refractivity contribution in [1.82, 2.24) is 5.32 Å². The summed E-state index contributed by atoms with van der Waals surface area (Å²) >= 11 is 6.59. The quantitative estimate of drug-likeness (QED) is 0.308. The molecular weight excluding hydrogens is 535 g/mol. The molecule has 0 saturated carbocycles. The van der Waals surface area contributed by atoms with Crippen LogP contribution in [0.4, 0.5) is 9.18 Å².